The van der Waals surface area contributed by atoms with Crippen LogP contribution in [0.3, 0.4) is 0 Å². The Bertz CT molecular complexity index is 550. The van der Waals surface area contributed by atoms with Gasteiger partial charge in [0.05, 0.1) is 10.5 Å². The van der Waals surface area contributed by atoms with E-state index in [1.807, 2.05) is 0 Å². The molecule has 1 aromatic rings. The fourth-order valence-electron chi connectivity index (χ4n) is 2.51. The molecule has 0 aromatic carbocycles. The molecule has 20 heavy (non-hydrogen) atoms. The van der Waals surface area contributed by atoms with Crippen LogP contribution < -0.4 is 5.32 Å². The second-order valence-electron chi connectivity index (χ2n) is 5.28. The van der Waals surface area contributed by atoms with Crippen LogP contribution in [0.2, 0.25) is 5.15 Å². The standard InChI is InChI=1S/C13H16ClN3O3/c1-7-3-4-11(8(7)2)16-13(18)10-5-9(17(19)20)6-15-12(10)14/h5-8,11H,3-4H2,1-2H3,(H,16,18). The second kappa shape index (κ2) is 5.75. The lowest BCUT2D eigenvalue weighted by molar-refractivity contribution is -0.385. The molecule has 3 atom stereocenters. The van der Waals surface area contributed by atoms with Crippen molar-refractivity contribution in [3.63, 3.8) is 0 Å². The number of carbonyl (C=O) groups is 1. The van der Waals surface area contributed by atoms with Gasteiger partial charge in [-0.05, 0) is 24.7 Å². The van der Waals surface area contributed by atoms with Gasteiger partial charge in [0.15, 0.2) is 0 Å². The molecule has 0 aliphatic heterocycles. The summed E-state index contributed by atoms with van der Waals surface area (Å²) in [6, 6.07) is 1.24. The SMILES string of the molecule is CC1CCC(NC(=O)c2cc([N+](=O)[O-])cnc2Cl)C1C. The zero-order chi connectivity index (χ0) is 14.9. The molecule has 1 N–H and O–H groups in total. The highest BCUT2D eigenvalue weighted by atomic mass is 35.5. The number of hydrogen-bond donors (Lipinski definition) is 1. The summed E-state index contributed by atoms with van der Waals surface area (Å²) in [5.41, 5.74) is -0.194. The van der Waals surface area contributed by atoms with Crippen LogP contribution in [0.5, 0.6) is 0 Å². The topological polar surface area (TPSA) is 85.1 Å². The second-order valence-corrected chi connectivity index (χ2v) is 5.64. The smallest absolute Gasteiger partial charge is 0.288 e. The van der Waals surface area contributed by atoms with Crippen LogP contribution in [0, 0.1) is 22.0 Å². The third-order valence-electron chi connectivity index (χ3n) is 4.06. The summed E-state index contributed by atoms with van der Waals surface area (Å²) in [6.45, 7) is 4.24. The number of aromatic nitrogens is 1. The van der Waals surface area contributed by atoms with Gasteiger partial charge in [0, 0.05) is 12.1 Å². The number of hydrogen-bond acceptors (Lipinski definition) is 4. The first kappa shape index (κ1) is 14.7. The first-order valence-corrected chi connectivity index (χ1v) is 6.88. The molecular weight excluding hydrogens is 282 g/mol. The van der Waals surface area contributed by atoms with Crippen molar-refractivity contribution >= 4 is 23.2 Å². The van der Waals surface area contributed by atoms with Crippen molar-refractivity contribution in [2.45, 2.75) is 32.7 Å². The number of halogens is 1. The van der Waals surface area contributed by atoms with Crippen molar-refractivity contribution in [2.75, 3.05) is 0 Å². The normalized spacial score (nSPS) is 25.4. The number of nitro groups is 1. The van der Waals surface area contributed by atoms with Crippen molar-refractivity contribution in [3.8, 4) is 0 Å². The third-order valence-corrected chi connectivity index (χ3v) is 4.36. The third kappa shape index (κ3) is 2.90. The number of nitrogens with zero attached hydrogens (tertiary/aromatic N) is 2. The molecule has 1 aromatic heterocycles. The van der Waals surface area contributed by atoms with E-state index in [-0.39, 0.29) is 22.4 Å². The fraction of sp³-hybridized carbons (Fsp3) is 0.538. The molecule has 0 bridgehead atoms. The van der Waals surface area contributed by atoms with Crippen LogP contribution in [0.25, 0.3) is 0 Å². The van der Waals surface area contributed by atoms with Crippen molar-refractivity contribution < 1.29 is 9.72 Å². The average Bonchev–Trinajstić information content (AvgIpc) is 2.71. The summed E-state index contributed by atoms with van der Waals surface area (Å²) in [4.78, 5) is 26.0. The number of amides is 1. The van der Waals surface area contributed by atoms with Crippen LogP contribution in [0.1, 0.15) is 37.0 Å². The molecule has 1 aliphatic carbocycles. The average molecular weight is 298 g/mol. The largest absolute Gasteiger partial charge is 0.349 e. The molecule has 1 amide bonds. The van der Waals surface area contributed by atoms with Crippen LogP contribution in [-0.2, 0) is 0 Å². The Hall–Kier alpha value is -1.69. The molecule has 0 saturated heterocycles. The lowest BCUT2D eigenvalue weighted by atomic mass is 9.97. The van der Waals surface area contributed by atoms with Gasteiger partial charge >= 0.3 is 0 Å². The maximum Gasteiger partial charge on any atom is 0.288 e. The number of pyridine rings is 1. The van der Waals surface area contributed by atoms with Gasteiger partial charge in [-0.2, -0.15) is 0 Å². The first-order valence-electron chi connectivity index (χ1n) is 6.51. The van der Waals surface area contributed by atoms with E-state index in [1.165, 1.54) is 0 Å². The highest BCUT2D eigenvalue weighted by molar-refractivity contribution is 6.32. The van der Waals surface area contributed by atoms with Gasteiger partial charge in [-0.1, -0.05) is 25.4 Å². The van der Waals surface area contributed by atoms with E-state index < -0.39 is 10.8 Å². The zero-order valence-corrected chi connectivity index (χ0v) is 12.1. The predicted octanol–water partition coefficient (Wildman–Crippen LogP) is 2.81. The predicted molar refractivity (Wildman–Crippen MR) is 74.7 cm³/mol. The molecule has 7 heteroatoms. The number of rotatable bonds is 3. The van der Waals surface area contributed by atoms with E-state index in [4.69, 9.17) is 11.6 Å². The van der Waals surface area contributed by atoms with Gasteiger partial charge in [0.2, 0.25) is 0 Å². The van der Waals surface area contributed by atoms with Gasteiger partial charge in [-0.15, -0.1) is 0 Å². The van der Waals surface area contributed by atoms with Crippen LogP contribution in [-0.4, -0.2) is 21.9 Å². The summed E-state index contributed by atoms with van der Waals surface area (Å²) in [5.74, 6) is 0.528. The van der Waals surface area contributed by atoms with Crippen LogP contribution >= 0.6 is 11.6 Å². The Labute approximate surface area is 121 Å². The quantitative estimate of drug-likeness (QED) is 0.528. The number of carbonyl (C=O) groups excluding carboxylic acids is 1. The maximum absolute atomic E-state index is 12.2. The Balaban J connectivity index is 2.17. The summed E-state index contributed by atoms with van der Waals surface area (Å²) < 4.78 is 0. The lowest BCUT2D eigenvalue weighted by Crippen LogP contribution is -2.37. The zero-order valence-electron chi connectivity index (χ0n) is 11.3. The summed E-state index contributed by atoms with van der Waals surface area (Å²) in [6.07, 6.45) is 3.01. The van der Waals surface area contributed by atoms with Gasteiger partial charge in [0.25, 0.3) is 11.6 Å². The summed E-state index contributed by atoms with van der Waals surface area (Å²) in [7, 11) is 0. The lowest BCUT2D eigenvalue weighted by Gasteiger charge is -2.19. The Morgan fingerprint density at radius 3 is 2.75 bits per heavy atom. The van der Waals surface area contributed by atoms with E-state index in [0.717, 1.165) is 25.1 Å². The molecule has 108 valence electrons. The highest BCUT2D eigenvalue weighted by Crippen LogP contribution is 2.31. The summed E-state index contributed by atoms with van der Waals surface area (Å²) >= 11 is 5.85. The first-order chi connectivity index (χ1) is 9.40. The molecular formula is C13H16ClN3O3. The van der Waals surface area contributed by atoms with Crippen LogP contribution in [0.4, 0.5) is 5.69 Å². The van der Waals surface area contributed by atoms with E-state index >= 15 is 0 Å². The van der Waals surface area contributed by atoms with E-state index in [0.29, 0.717) is 11.8 Å². The fourth-order valence-corrected chi connectivity index (χ4v) is 2.70. The van der Waals surface area contributed by atoms with Gasteiger partial charge in [0.1, 0.15) is 11.3 Å². The Morgan fingerprint density at radius 1 is 1.50 bits per heavy atom. The minimum Gasteiger partial charge on any atom is -0.349 e. The van der Waals surface area contributed by atoms with Gasteiger partial charge < -0.3 is 5.32 Å². The molecule has 3 unspecified atom stereocenters. The minimum atomic E-state index is -0.597. The molecule has 1 saturated carbocycles. The maximum atomic E-state index is 12.2. The molecule has 6 nitrogen and oxygen atoms in total. The molecule has 1 fully saturated rings. The number of nitrogens with one attached hydrogen (secondary N) is 1. The van der Waals surface area contributed by atoms with Crippen LogP contribution in [0.15, 0.2) is 12.3 Å². The minimum absolute atomic E-state index is 0.0215. The summed E-state index contributed by atoms with van der Waals surface area (Å²) in [5, 5.41) is 13.6. The molecule has 0 spiro atoms. The Morgan fingerprint density at radius 2 is 2.20 bits per heavy atom. The van der Waals surface area contributed by atoms with Gasteiger partial charge in [-0.3, -0.25) is 14.9 Å². The highest BCUT2D eigenvalue weighted by Gasteiger charge is 2.31. The monoisotopic (exact) mass is 297 g/mol. The molecule has 2 rings (SSSR count). The van der Waals surface area contributed by atoms with Crippen molar-refractivity contribution in [3.05, 3.63) is 33.1 Å². The van der Waals surface area contributed by atoms with E-state index in [2.05, 4.69) is 24.1 Å². The van der Waals surface area contributed by atoms with Crippen molar-refractivity contribution in [2.24, 2.45) is 11.8 Å². The Kier molecular flexibility index (Phi) is 4.23. The van der Waals surface area contributed by atoms with E-state index in [9.17, 15) is 14.9 Å². The van der Waals surface area contributed by atoms with E-state index in [1.54, 1.807) is 0 Å². The van der Waals surface area contributed by atoms with Gasteiger partial charge in [-0.25, -0.2) is 4.98 Å². The molecule has 1 aliphatic rings. The van der Waals surface area contributed by atoms with Crippen molar-refractivity contribution in [1.29, 1.82) is 0 Å². The molecule has 0 radical (unpaired) electrons. The van der Waals surface area contributed by atoms with Crippen molar-refractivity contribution in [1.82, 2.24) is 10.3 Å². The molecule has 1 heterocycles.